The Kier molecular flexibility index (Phi) is 14.0. The highest BCUT2D eigenvalue weighted by molar-refractivity contribution is 6.76. The van der Waals surface area contributed by atoms with E-state index < -0.39 is 31.5 Å². The van der Waals surface area contributed by atoms with Crippen molar-refractivity contribution in [3.05, 3.63) is 35.3 Å². The van der Waals surface area contributed by atoms with E-state index in [1.807, 2.05) is 32.9 Å². The molecule has 0 spiro atoms. The fraction of sp³-hybridized carbons (Fsp3) is 0.606. The maximum atomic E-state index is 12.6. The van der Waals surface area contributed by atoms with Gasteiger partial charge in [0.2, 0.25) is 0 Å². The molecule has 0 bridgehead atoms. The molecule has 2 aromatic rings. The third-order valence-electron chi connectivity index (χ3n) is 6.22. The predicted molar refractivity (Wildman–Crippen MR) is 180 cm³/mol. The molecule has 2 amide bonds. The molecular weight excluding hydrogens is 592 g/mol. The second-order valence-electron chi connectivity index (χ2n) is 14.1. The van der Waals surface area contributed by atoms with Gasteiger partial charge >= 0.3 is 18.2 Å². The highest BCUT2D eigenvalue weighted by Gasteiger charge is 2.21. The molecule has 250 valence electrons. The van der Waals surface area contributed by atoms with E-state index in [9.17, 15) is 14.4 Å². The second-order valence-corrected chi connectivity index (χ2v) is 19.8. The fourth-order valence-electron chi connectivity index (χ4n) is 4.16. The Bertz CT molecular complexity index is 1320. The minimum absolute atomic E-state index is 0.155. The third kappa shape index (κ3) is 15.4. The highest BCUT2D eigenvalue weighted by atomic mass is 28.3. The van der Waals surface area contributed by atoms with Crippen molar-refractivity contribution in [2.24, 2.45) is 4.99 Å². The number of nitrogens with one attached hydrogen (secondary N) is 2. The summed E-state index contributed by atoms with van der Waals surface area (Å²) in [7, 11) is 0.0315. The van der Waals surface area contributed by atoms with Crippen molar-refractivity contribution in [1.29, 1.82) is 0 Å². The number of aromatic nitrogens is 2. The van der Waals surface area contributed by atoms with Crippen molar-refractivity contribution < 1.29 is 33.3 Å². The van der Waals surface area contributed by atoms with Crippen molar-refractivity contribution in [2.45, 2.75) is 117 Å². The number of ether oxygens (including phenoxy) is 4. The van der Waals surface area contributed by atoms with E-state index in [0.717, 1.165) is 34.4 Å². The van der Waals surface area contributed by atoms with Gasteiger partial charge in [-0.05, 0) is 84.5 Å². The van der Waals surface area contributed by atoms with Crippen LogP contribution in [-0.4, -0.2) is 67.3 Å². The molecule has 2 rings (SSSR count). The van der Waals surface area contributed by atoms with Crippen molar-refractivity contribution >= 4 is 38.1 Å². The van der Waals surface area contributed by atoms with Crippen molar-refractivity contribution in [2.75, 3.05) is 19.0 Å². The van der Waals surface area contributed by atoms with Crippen LogP contribution in [0.15, 0.2) is 23.2 Å². The number of amides is 2. The zero-order chi connectivity index (χ0) is 33.8. The average Bonchev–Trinajstić information content (AvgIpc) is 3.29. The Morgan fingerprint density at radius 2 is 1.71 bits per heavy atom. The zero-order valence-corrected chi connectivity index (χ0v) is 29.7. The van der Waals surface area contributed by atoms with Crippen LogP contribution in [0.25, 0.3) is 11.3 Å². The van der Waals surface area contributed by atoms with Crippen LogP contribution in [0.1, 0.15) is 77.9 Å². The number of aromatic amines is 1. The van der Waals surface area contributed by atoms with Gasteiger partial charge in [-0.25, -0.2) is 14.6 Å². The van der Waals surface area contributed by atoms with Gasteiger partial charge in [0.25, 0.3) is 0 Å². The largest absolute Gasteiger partial charge is 0.460 e. The molecule has 1 aromatic heterocycles. The zero-order valence-electron chi connectivity index (χ0n) is 28.7. The molecule has 0 aliphatic rings. The summed E-state index contributed by atoms with van der Waals surface area (Å²) in [5.41, 5.74) is 2.56. The molecule has 1 aromatic carbocycles. The van der Waals surface area contributed by atoms with Gasteiger partial charge < -0.3 is 23.9 Å². The molecule has 0 saturated carbocycles. The van der Waals surface area contributed by atoms with E-state index in [4.69, 9.17) is 23.9 Å². The molecule has 45 heavy (non-hydrogen) atoms. The topological polar surface area (TPSA) is 141 Å². The smallest absolute Gasteiger partial charge is 0.433 e. The number of H-pyrrole nitrogens is 1. The van der Waals surface area contributed by atoms with Gasteiger partial charge in [0.05, 0.1) is 25.1 Å². The monoisotopic (exact) mass is 644 g/mol. The number of unbranched alkanes of at least 4 members (excludes halogenated alkanes) is 1. The summed E-state index contributed by atoms with van der Waals surface area (Å²) in [4.78, 5) is 48.7. The van der Waals surface area contributed by atoms with Crippen LogP contribution in [-0.2, 0) is 43.2 Å². The minimum atomic E-state index is -1.27. The highest BCUT2D eigenvalue weighted by Crippen LogP contribution is 2.30. The SMILES string of the molecule is COC(=O)Nc1ccc(-c2nc(CCCC=NC(=O)OC(C)(C)C)[nH]c2COCC[Si](C)(C)C)c(CCC(=O)OC(C)(C)C)c1. The number of anilines is 1. The molecule has 0 atom stereocenters. The van der Waals surface area contributed by atoms with E-state index in [0.29, 0.717) is 44.6 Å². The van der Waals surface area contributed by atoms with E-state index in [-0.39, 0.29) is 12.4 Å². The Morgan fingerprint density at radius 1 is 1.02 bits per heavy atom. The lowest BCUT2D eigenvalue weighted by atomic mass is 9.98. The van der Waals surface area contributed by atoms with Crippen LogP contribution >= 0.6 is 0 Å². The van der Waals surface area contributed by atoms with E-state index in [2.05, 4.69) is 34.9 Å². The first-order valence-corrected chi connectivity index (χ1v) is 19.2. The lowest BCUT2D eigenvalue weighted by molar-refractivity contribution is -0.154. The maximum Gasteiger partial charge on any atom is 0.433 e. The molecule has 1 heterocycles. The van der Waals surface area contributed by atoms with Crippen LogP contribution in [0.5, 0.6) is 0 Å². The summed E-state index contributed by atoms with van der Waals surface area (Å²) in [5.74, 6) is 0.458. The minimum Gasteiger partial charge on any atom is -0.460 e. The van der Waals surface area contributed by atoms with Gasteiger partial charge in [0.1, 0.15) is 17.0 Å². The van der Waals surface area contributed by atoms with Crippen LogP contribution in [0, 0.1) is 0 Å². The summed E-state index contributed by atoms with van der Waals surface area (Å²) in [6.45, 7) is 18.8. The Hall–Kier alpha value is -3.51. The number of methoxy groups -OCH3 is 1. The molecule has 0 radical (unpaired) electrons. The van der Waals surface area contributed by atoms with Crippen LogP contribution in [0.2, 0.25) is 25.7 Å². The number of imidazole rings is 1. The van der Waals surface area contributed by atoms with Gasteiger partial charge in [0.15, 0.2) is 0 Å². The molecule has 12 heteroatoms. The summed E-state index contributed by atoms with van der Waals surface area (Å²) in [6.07, 6.45) is 2.81. The first-order chi connectivity index (χ1) is 20.8. The summed E-state index contributed by atoms with van der Waals surface area (Å²) in [6, 6.07) is 6.53. The summed E-state index contributed by atoms with van der Waals surface area (Å²) >= 11 is 0. The normalized spacial score (nSPS) is 12.3. The molecule has 0 aliphatic heterocycles. The van der Waals surface area contributed by atoms with Gasteiger partial charge in [-0.1, -0.05) is 25.7 Å². The lowest BCUT2D eigenvalue weighted by Crippen LogP contribution is -2.24. The average molecular weight is 645 g/mol. The van der Waals surface area contributed by atoms with E-state index in [1.165, 1.54) is 7.11 Å². The number of aryl methyl sites for hydroxylation is 2. The Morgan fingerprint density at radius 3 is 2.33 bits per heavy atom. The van der Waals surface area contributed by atoms with Crippen molar-refractivity contribution in [1.82, 2.24) is 9.97 Å². The second kappa shape index (κ2) is 16.7. The number of aliphatic imine (C=N–C) groups is 1. The lowest BCUT2D eigenvalue weighted by Gasteiger charge is -2.20. The number of rotatable bonds is 14. The van der Waals surface area contributed by atoms with Crippen LogP contribution in [0.3, 0.4) is 0 Å². The maximum absolute atomic E-state index is 12.6. The van der Waals surface area contributed by atoms with Crippen molar-refractivity contribution in [3.63, 3.8) is 0 Å². The number of carbonyl (C=O) groups is 3. The quantitative estimate of drug-likeness (QED) is 0.0700. The number of benzene rings is 1. The molecule has 0 unspecified atom stereocenters. The standard InChI is InChI=1S/C33H52N4O7Si/c1-32(2,3)43-28(38)17-14-23-21-24(35-31(40)41-7)15-16-25(23)29-26(22-42-19-20-45(8,9)10)36-27(37-29)13-11-12-18-34-30(39)44-33(4,5)6/h15-16,18,21H,11-14,17,19-20,22H2,1-10H3,(H,35,40)(H,36,37). The summed E-state index contributed by atoms with van der Waals surface area (Å²) < 4.78 is 21.6. The first kappa shape index (κ1) is 37.7. The Balaban J connectivity index is 2.34. The molecule has 2 N–H and O–H groups in total. The van der Waals surface area contributed by atoms with Crippen molar-refractivity contribution in [3.8, 4) is 11.3 Å². The summed E-state index contributed by atoms with van der Waals surface area (Å²) in [5, 5.41) is 2.70. The van der Waals surface area contributed by atoms with Gasteiger partial charge in [-0.15, -0.1) is 0 Å². The molecule has 0 fully saturated rings. The van der Waals surface area contributed by atoms with Gasteiger partial charge in [0, 0.05) is 45.0 Å². The predicted octanol–water partition coefficient (Wildman–Crippen LogP) is 7.71. The van der Waals surface area contributed by atoms with Crippen LogP contribution < -0.4 is 5.32 Å². The molecule has 0 aliphatic carbocycles. The van der Waals surface area contributed by atoms with Gasteiger partial charge in [-0.2, -0.15) is 4.99 Å². The van der Waals surface area contributed by atoms with Gasteiger partial charge in [-0.3, -0.25) is 10.1 Å². The van der Waals surface area contributed by atoms with E-state index in [1.54, 1.807) is 33.1 Å². The number of carbonyl (C=O) groups excluding carboxylic acids is 3. The van der Waals surface area contributed by atoms with E-state index >= 15 is 0 Å². The number of esters is 1. The third-order valence-corrected chi connectivity index (χ3v) is 7.92. The molecular formula is C33H52N4O7Si. The number of nitrogens with zero attached hydrogens (tertiary/aromatic N) is 2. The fourth-order valence-corrected chi connectivity index (χ4v) is 4.91. The Labute approximate surface area is 268 Å². The van der Waals surface area contributed by atoms with Crippen LogP contribution in [0.4, 0.5) is 15.3 Å². The number of hydrogen-bond donors (Lipinski definition) is 2. The molecule has 11 nitrogen and oxygen atoms in total. The first-order valence-electron chi connectivity index (χ1n) is 15.5. The number of hydrogen-bond acceptors (Lipinski definition) is 8. The molecule has 0 saturated heterocycles.